The minimum Gasteiger partial charge on any atom is -0.454 e. The lowest BCUT2D eigenvalue weighted by Gasteiger charge is -2.13. The van der Waals surface area contributed by atoms with Gasteiger partial charge in [0.25, 0.3) is 5.56 Å². The van der Waals surface area contributed by atoms with Crippen LogP contribution in [0.25, 0.3) is 10.9 Å². The molecule has 7 nitrogen and oxygen atoms in total. The summed E-state index contributed by atoms with van der Waals surface area (Å²) in [6, 6.07) is 14.4. The summed E-state index contributed by atoms with van der Waals surface area (Å²) in [6.07, 6.45) is -0.707. The van der Waals surface area contributed by atoms with Gasteiger partial charge in [-0.25, -0.2) is 4.98 Å². The molecule has 1 aromatic heterocycles. The van der Waals surface area contributed by atoms with E-state index >= 15 is 0 Å². The van der Waals surface area contributed by atoms with Gasteiger partial charge in [-0.1, -0.05) is 24.3 Å². The minimum atomic E-state index is -0.707. The number of H-pyrrole nitrogens is 1. The number of para-hydroxylation sites is 1. The second-order valence-corrected chi connectivity index (χ2v) is 7.50. The second kappa shape index (κ2) is 9.38. The van der Waals surface area contributed by atoms with E-state index in [9.17, 15) is 14.4 Å². The number of aromatic amines is 1. The van der Waals surface area contributed by atoms with Crippen LogP contribution in [0.3, 0.4) is 0 Å². The Balaban J connectivity index is 1.49. The number of ether oxygens (including phenoxy) is 1. The van der Waals surface area contributed by atoms with E-state index in [1.165, 1.54) is 0 Å². The van der Waals surface area contributed by atoms with E-state index in [0.717, 1.165) is 23.0 Å². The van der Waals surface area contributed by atoms with Gasteiger partial charge in [-0.3, -0.25) is 14.4 Å². The molecule has 1 heterocycles. The number of carbonyl (C=O) groups is 2. The van der Waals surface area contributed by atoms with Crippen molar-refractivity contribution >= 4 is 40.2 Å². The molecule has 0 aliphatic heterocycles. The van der Waals surface area contributed by atoms with Crippen LogP contribution in [0.2, 0.25) is 0 Å². The number of rotatable bonds is 7. The van der Waals surface area contributed by atoms with Gasteiger partial charge >= 0.3 is 5.97 Å². The Labute approximate surface area is 171 Å². The number of amides is 1. The molecule has 0 unspecified atom stereocenters. The summed E-state index contributed by atoms with van der Waals surface area (Å²) in [5, 5.41) is 3.26. The predicted octanol–water partition coefficient (Wildman–Crippen LogP) is 3.21. The van der Waals surface area contributed by atoms with E-state index < -0.39 is 12.1 Å². The van der Waals surface area contributed by atoms with Gasteiger partial charge in [-0.15, -0.1) is 11.8 Å². The maximum absolute atomic E-state index is 12.1. The van der Waals surface area contributed by atoms with Gasteiger partial charge in [-0.2, -0.15) is 0 Å². The monoisotopic (exact) mass is 411 g/mol. The van der Waals surface area contributed by atoms with Crippen molar-refractivity contribution in [3.8, 4) is 0 Å². The van der Waals surface area contributed by atoms with E-state index in [-0.39, 0.29) is 28.8 Å². The Bertz CT molecular complexity index is 1100. The molecule has 1 amide bonds. The first-order valence-electron chi connectivity index (χ1n) is 9.05. The summed E-state index contributed by atoms with van der Waals surface area (Å²) in [5.74, 6) is -0.251. The van der Waals surface area contributed by atoms with Crippen molar-refractivity contribution in [2.45, 2.75) is 20.0 Å². The Hall–Kier alpha value is -3.13. The Morgan fingerprint density at radius 2 is 1.97 bits per heavy atom. The Kier molecular flexibility index (Phi) is 6.66. The number of benzene rings is 2. The number of nitrogens with zero attached hydrogens (tertiary/aromatic N) is 1. The Morgan fingerprint density at radius 3 is 2.76 bits per heavy atom. The third kappa shape index (κ3) is 5.68. The quantitative estimate of drug-likeness (QED) is 0.579. The van der Waals surface area contributed by atoms with Gasteiger partial charge in [0.1, 0.15) is 0 Å². The average Bonchev–Trinajstić information content (AvgIpc) is 2.68. The van der Waals surface area contributed by atoms with Crippen LogP contribution >= 0.6 is 11.8 Å². The van der Waals surface area contributed by atoms with Gasteiger partial charge in [0.05, 0.1) is 22.4 Å². The first-order valence-corrected chi connectivity index (χ1v) is 10.2. The third-order valence-corrected chi connectivity index (χ3v) is 4.99. The fraction of sp³-hybridized carbons (Fsp3) is 0.238. The molecule has 150 valence electrons. The zero-order valence-electron chi connectivity index (χ0n) is 16.1. The number of hydrogen-bond acceptors (Lipinski definition) is 6. The average molecular weight is 411 g/mol. The van der Waals surface area contributed by atoms with Crippen molar-refractivity contribution in [1.82, 2.24) is 9.97 Å². The van der Waals surface area contributed by atoms with E-state index in [1.807, 2.05) is 31.2 Å². The molecule has 0 aliphatic rings. The highest BCUT2D eigenvalue weighted by Gasteiger charge is 2.16. The molecule has 0 radical (unpaired) electrons. The molecule has 0 fully saturated rings. The number of aryl methyl sites for hydroxylation is 1. The van der Waals surface area contributed by atoms with Crippen LogP contribution in [0, 0.1) is 6.92 Å². The zero-order chi connectivity index (χ0) is 20.8. The molecule has 0 spiro atoms. The van der Waals surface area contributed by atoms with Gasteiger partial charge < -0.3 is 15.0 Å². The number of carbonyl (C=O) groups excluding carboxylic acids is 2. The third-order valence-electron chi connectivity index (χ3n) is 4.08. The summed E-state index contributed by atoms with van der Waals surface area (Å²) in [5.41, 5.74) is 2.03. The highest BCUT2D eigenvalue weighted by molar-refractivity contribution is 8.00. The SMILES string of the molecule is Cc1cccc(NC(=O)CSCC(=O)O[C@H](C)c2nc3ccccc3c(=O)[nH]2)c1. The first kappa shape index (κ1) is 20.6. The second-order valence-electron chi connectivity index (χ2n) is 6.51. The summed E-state index contributed by atoms with van der Waals surface area (Å²) in [7, 11) is 0. The summed E-state index contributed by atoms with van der Waals surface area (Å²) in [6.45, 7) is 3.58. The lowest BCUT2D eigenvalue weighted by Crippen LogP contribution is -2.19. The standard InChI is InChI=1S/C21H21N3O4S/c1-13-6-5-7-15(10-13)22-18(25)11-29-12-19(26)28-14(2)20-23-17-9-4-3-8-16(17)21(27)24-20/h3-10,14H,11-12H2,1-2H3,(H,22,25)(H,23,24,27)/t14-/m1/s1. The van der Waals surface area contributed by atoms with Crippen LogP contribution in [-0.4, -0.2) is 33.4 Å². The van der Waals surface area contributed by atoms with Crippen molar-refractivity contribution in [2.75, 3.05) is 16.8 Å². The molecule has 2 aromatic carbocycles. The molecule has 0 saturated carbocycles. The maximum atomic E-state index is 12.1. The lowest BCUT2D eigenvalue weighted by molar-refractivity contribution is -0.145. The van der Waals surface area contributed by atoms with Gasteiger partial charge in [-0.05, 0) is 43.7 Å². The summed E-state index contributed by atoms with van der Waals surface area (Å²) in [4.78, 5) is 43.2. The molecule has 0 aliphatic carbocycles. The Morgan fingerprint density at radius 1 is 1.17 bits per heavy atom. The molecule has 0 saturated heterocycles. The normalized spacial score (nSPS) is 11.8. The summed E-state index contributed by atoms with van der Waals surface area (Å²) >= 11 is 1.16. The fourth-order valence-corrected chi connectivity index (χ4v) is 3.33. The number of aromatic nitrogens is 2. The van der Waals surface area contributed by atoms with Gasteiger partial charge in [0.15, 0.2) is 11.9 Å². The van der Waals surface area contributed by atoms with E-state index in [1.54, 1.807) is 31.2 Å². The molecule has 1 atom stereocenters. The molecule has 3 rings (SSSR count). The van der Waals surface area contributed by atoms with Crippen molar-refractivity contribution in [3.63, 3.8) is 0 Å². The maximum Gasteiger partial charge on any atom is 0.316 e. The van der Waals surface area contributed by atoms with Crippen molar-refractivity contribution in [1.29, 1.82) is 0 Å². The smallest absolute Gasteiger partial charge is 0.316 e. The zero-order valence-corrected chi connectivity index (χ0v) is 16.9. The van der Waals surface area contributed by atoms with Crippen LogP contribution in [0.4, 0.5) is 5.69 Å². The van der Waals surface area contributed by atoms with Crippen LogP contribution in [0.1, 0.15) is 24.4 Å². The number of thioether (sulfide) groups is 1. The predicted molar refractivity (Wildman–Crippen MR) is 114 cm³/mol. The lowest BCUT2D eigenvalue weighted by atomic mass is 10.2. The van der Waals surface area contributed by atoms with Crippen LogP contribution in [0.5, 0.6) is 0 Å². The number of hydrogen-bond donors (Lipinski definition) is 2. The number of esters is 1. The van der Waals surface area contributed by atoms with E-state index in [4.69, 9.17) is 4.74 Å². The van der Waals surface area contributed by atoms with E-state index in [2.05, 4.69) is 15.3 Å². The topological polar surface area (TPSA) is 101 Å². The van der Waals surface area contributed by atoms with Crippen LogP contribution in [0.15, 0.2) is 53.3 Å². The van der Waals surface area contributed by atoms with Gasteiger partial charge in [0.2, 0.25) is 5.91 Å². The molecule has 2 N–H and O–H groups in total. The number of anilines is 1. The first-order chi connectivity index (χ1) is 13.9. The van der Waals surface area contributed by atoms with Crippen LogP contribution in [-0.2, 0) is 14.3 Å². The molecular formula is C21H21N3O4S. The van der Waals surface area contributed by atoms with E-state index in [0.29, 0.717) is 10.9 Å². The van der Waals surface area contributed by atoms with Crippen molar-refractivity contribution in [2.24, 2.45) is 0 Å². The van der Waals surface area contributed by atoms with Crippen LogP contribution < -0.4 is 10.9 Å². The van der Waals surface area contributed by atoms with Gasteiger partial charge in [0, 0.05) is 5.69 Å². The molecule has 3 aromatic rings. The van der Waals surface area contributed by atoms with Crippen molar-refractivity contribution in [3.05, 3.63) is 70.3 Å². The molecule has 8 heteroatoms. The highest BCUT2D eigenvalue weighted by atomic mass is 32.2. The molecular weight excluding hydrogens is 390 g/mol. The largest absolute Gasteiger partial charge is 0.454 e. The number of fused-ring (bicyclic) bond motifs is 1. The highest BCUT2D eigenvalue weighted by Crippen LogP contribution is 2.16. The molecule has 0 bridgehead atoms. The molecule has 29 heavy (non-hydrogen) atoms. The minimum absolute atomic E-state index is 0.0173. The fourth-order valence-electron chi connectivity index (χ4n) is 2.73. The summed E-state index contributed by atoms with van der Waals surface area (Å²) < 4.78 is 5.33. The van der Waals surface area contributed by atoms with Crippen molar-refractivity contribution < 1.29 is 14.3 Å². The number of nitrogens with one attached hydrogen (secondary N) is 2.